The largest absolute Gasteiger partial charge is 0.340 e. The van der Waals surface area contributed by atoms with Crippen LogP contribution in [0.3, 0.4) is 0 Å². The number of hydrogen-bond donors (Lipinski definition) is 2. The number of benzene rings is 2. The smallest absolute Gasteiger partial charge is 0.261 e. The van der Waals surface area contributed by atoms with Crippen molar-refractivity contribution in [2.45, 2.75) is 43.5 Å². The van der Waals surface area contributed by atoms with Crippen LogP contribution < -0.4 is 10.0 Å². The number of anilines is 1. The van der Waals surface area contributed by atoms with Gasteiger partial charge in [-0.1, -0.05) is 31.1 Å². The molecule has 1 atom stereocenters. The average Bonchev–Trinajstić information content (AvgIpc) is 3.50. The molecule has 1 amide bonds. The normalized spacial score (nSPS) is 14.9. The van der Waals surface area contributed by atoms with Gasteiger partial charge in [0.2, 0.25) is 5.89 Å². The second-order valence-corrected chi connectivity index (χ2v) is 9.75. The first kappa shape index (κ1) is 21.9. The van der Waals surface area contributed by atoms with Gasteiger partial charge in [-0.25, -0.2) is 12.8 Å². The molecule has 2 aromatic carbocycles. The summed E-state index contributed by atoms with van der Waals surface area (Å²) in [6.07, 6.45) is 2.08. The Kier molecular flexibility index (Phi) is 5.96. The van der Waals surface area contributed by atoms with E-state index in [1.807, 2.05) is 13.8 Å². The molecule has 1 heterocycles. The number of halogens is 1. The average molecular weight is 459 g/mol. The topological polar surface area (TPSA) is 114 Å². The molecule has 0 bridgehead atoms. The molecule has 1 aliphatic carbocycles. The minimum absolute atomic E-state index is 0.00364. The number of sulfonamides is 1. The van der Waals surface area contributed by atoms with E-state index < -0.39 is 27.8 Å². The molecular formula is C22H23FN4O4S. The van der Waals surface area contributed by atoms with Gasteiger partial charge in [-0.05, 0) is 55.2 Å². The highest BCUT2D eigenvalue weighted by Crippen LogP contribution is 2.38. The van der Waals surface area contributed by atoms with Crippen LogP contribution in [0.15, 0.2) is 57.9 Å². The molecule has 168 valence electrons. The Bertz CT molecular complexity index is 1220. The predicted molar refractivity (Wildman–Crippen MR) is 115 cm³/mol. The summed E-state index contributed by atoms with van der Waals surface area (Å²) in [6, 6.07) is 10.4. The van der Waals surface area contributed by atoms with E-state index in [9.17, 15) is 17.6 Å². The number of carbonyl (C=O) groups excluding carboxylic acids is 1. The van der Waals surface area contributed by atoms with Gasteiger partial charge in [-0.2, -0.15) is 4.98 Å². The summed E-state index contributed by atoms with van der Waals surface area (Å²) in [6.45, 7) is 3.85. The van der Waals surface area contributed by atoms with Gasteiger partial charge in [0, 0.05) is 11.5 Å². The fourth-order valence-electron chi connectivity index (χ4n) is 3.15. The van der Waals surface area contributed by atoms with E-state index in [2.05, 4.69) is 20.2 Å². The van der Waals surface area contributed by atoms with E-state index in [0.717, 1.165) is 18.9 Å². The van der Waals surface area contributed by atoms with Crippen molar-refractivity contribution in [2.24, 2.45) is 5.92 Å². The summed E-state index contributed by atoms with van der Waals surface area (Å²) >= 11 is 0. The summed E-state index contributed by atoms with van der Waals surface area (Å²) in [7, 11) is -4.01. The number of nitrogens with one attached hydrogen (secondary N) is 2. The lowest BCUT2D eigenvalue weighted by molar-refractivity contribution is 0.0914. The second-order valence-electron chi connectivity index (χ2n) is 8.07. The maximum Gasteiger partial charge on any atom is 0.261 e. The molecule has 1 fully saturated rings. The van der Waals surface area contributed by atoms with Crippen molar-refractivity contribution in [3.63, 3.8) is 0 Å². The molecule has 4 rings (SSSR count). The molecule has 3 aromatic rings. The summed E-state index contributed by atoms with van der Waals surface area (Å²) in [5.74, 6) is 0.262. The van der Waals surface area contributed by atoms with E-state index in [-0.39, 0.29) is 22.1 Å². The first-order chi connectivity index (χ1) is 15.2. The maximum absolute atomic E-state index is 13.8. The Morgan fingerprint density at radius 2 is 1.81 bits per heavy atom. The van der Waals surface area contributed by atoms with E-state index in [4.69, 9.17) is 4.52 Å². The standard InChI is InChI=1S/C22H23FN4O4S/c1-13(2)19(22-25-20(26-31-22)14-7-8-14)24-21(28)15-9-11-16(12-10-15)32(29,30)27-18-6-4-3-5-17(18)23/h3-6,9-14,19,27H,7-8H2,1-2H3,(H,24,28). The van der Waals surface area contributed by atoms with Gasteiger partial charge in [0.15, 0.2) is 5.82 Å². The summed E-state index contributed by atoms with van der Waals surface area (Å²) in [5, 5.41) is 6.88. The van der Waals surface area contributed by atoms with Crippen molar-refractivity contribution >= 4 is 21.6 Å². The van der Waals surface area contributed by atoms with Gasteiger partial charge in [0.1, 0.15) is 11.9 Å². The van der Waals surface area contributed by atoms with Gasteiger partial charge in [-0.3, -0.25) is 9.52 Å². The Morgan fingerprint density at radius 3 is 2.44 bits per heavy atom. The van der Waals surface area contributed by atoms with Crippen LogP contribution in [0.4, 0.5) is 10.1 Å². The first-order valence-electron chi connectivity index (χ1n) is 10.3. The lowest BCUT2D eigenvalue weighted by Crippen LogP contribution is -2.32. The lowest BCUT2D eigenvalue weighted by Gasteiger charge is -2.18. The molecule has 2 N–H and O–H groups in total. The fourth-order valence-corrected chi connectivity index (χ4v) is 4.22. The zero-order valence-corrected chi connectivity index (χ0v) is 18.4. The molecule has 8 nitrogen and oxygen atoms in total. The molecule has 1 unspecified atom stereocenters. The monoisotopic (exact) mass is 458 g/mol. The van der Waals surface area contributed by atoms with Crippen LogP contribution in [0.1, 0.15) is 60.7 Å². The minimum atomic E-state index is -4.01. The fraction of sp³-hybridized carbons (Fsp3) is 0.318. The van der Waals surface area contributed by atoms with Crippen LogP contribution in [0.25, 0.3) is 0 Å². The number of rotatable bonds is 8. The highest BCUT2D eigenvalue weighted by Gasteiger charge is 2.31. The van der Waals surface area contributed by atoms with E-state index in [0.29, 0.717) is 17.6 Å². The molecule has 0 spiro atoms. The van der Waals surface area contributed by atoms with E-state index in [1.165, 1.54) is 42.5 Å². The number of para-hydroxylation sites is 1. The third-order valence-corrected chi connectivity index (χ3v) is 6.55. The van der Waals surface area contributed by atoms with Crippen molar-refractivity contribution in [2.75, 3.05) is 4.72 Å². The Labute approximate surface area is 185 Å². The zero-order valence-electron chi connectivity index (χ0n) is 17.6. The van der Waals surface area contributed by atoms with E-state index in [1.54, 1.807) is 0 Å². The SMILES string of the molecule is CC(C)C(NC(=O)c1ccc(S(=O)(=O)Nc2ccccc2F)cc1)c1nc(C2CC2)no1. The first-order valence-corrected chi connectivity index (χ1v) is 11.7. The van der Waals surface area contributed by atoms with Gasteiger partial charge in [0.25, 0.3) is 15.9 Å². The van der Waals surface area contributed by atoms with Gasteiger partial charge in [0.05, 0.1) is 10.6 Å². The molecule has 0 aliphatic heterocycles. The predicted octanol–water partition coefficient (Wildman–Crippen LogP) is 4.01. The number of amides is 1. The van der Waals surface area contributed by atoms with Crippen LogP contribution in [0.2, 0.25) is 0 Å². The molecule has 0 saturated heterocycles. The van der Waals surface area contributed by atoms with Crippen LogP contribution in [-0.4, -0.2) is 24.5 Å². The van der Waals surface area contributed by atoms with Crippen molar-refractivity contribution in [3.8, 4) is 0 Å². The second kappa shape index (κ2) is 8.70. The molecular weight excluding hydrogens is 435 g/mol. The molecule has 32 heavy (non-hydrogen) atoms. The third kappa shape index (κ3) is 4.80. The van der Waals surface area contributed by atoms with Crippen molar-refractivity contribution in [1.29, 1.82) is 0 Å². The third-order valence-electron chi connectivity index (χ3n) is 5.16. The maximum atomic E-state index is 13.8. The molecule has 0 radical (unpaired) electrons. The quantitative estimate of drug-likeness (QED) is 0.527. The zero-order chi connectivity index (χ0) is 22.9. The number of hydrogen-bond acceptors (Lipinski definition) is 6. The number of carbonyl (C=O) groups is 1. The van der Waals surface area contributed by atoms with E-state index >= 15 is 0 Å². The highest BCUT2D eigenvalue weighted by atomic mass is 32.2. The van der Waals surface area contributed by atoms with Crippen LogP contribution in [0, 0.1) is 11.7 Å². The Morgan fingerprint density at radius 1 is 1.12 bits per heavy atom. The lowest BCUT2D eigenvalue weighted by atomic mass is 10.0. The van der Waals surface area contributed by atoms with Gasteiger partial charge < -0.3 is 9.84 Å². The molecule has 1 aliphatic rings. The summed E-state index contributed by atoms with van der Waals surface area (Å²) < 4.78 is 46.4. The van der Waals surface area contributed by atoms with Gasteiger partial charge >= 0.3 is 0 Å². The van der Waals surface area contributed by atoms with Crippen molar-refractivity contribution < 1.29 is 22.1 Å². The van der Waals surface area contributed by atoms with Crippen molar-refractivity contribution in [1.82, 2.24) is 15.5 Å². The summed E-state index contributed by atoms with van der Waals surface area (Å²) in [4.78, 5) is 17.1. The molecule has 10 heteroatoms. The molecule has 1 aromatic heterocycles. The van der Waals surface area contributed by atoms with Crippen molar-refractivity contribution in [3.05, 3.63) is 71.6 Å². The van der Waals surface area contributed by atoms with Gasteiger partial charge in [-0.15, -0.1) is 0 Å². The van der Waals surface area contributed by atoms with Crippen LogP contribution in [0.5, 0.6) is 0 Å². The number of nitrogens with zero attached hydrogens (tertiary/aromatic N) is 2. The molecule has 1 saturated carbocycles. The summed E-state index contributed by atoms with van der Waals surface area (Å²) in [5.41, 5.74) is 0.113. The minimum Gasteiger partial charge on any atom is -0.340 e. The number of aromatic nitrogens is 2. The Balaban J connectivity index is 1.47. The van der Waals surface area contributed by atoms with Crippen LogP contribution in [-0.2, 0) is 10.0 Å². The Hall–Kier alpha value is -3.27. The highest BCUT2D eigenvalue weighted by molar-refractivity contribution is 7.92. The van der Waals surface area contributed by atoms with Crippen LogP contribution >= 0.6 is 0 Å².